The first-order chi connectivity index (χ1) is 9.65. The number of aromatic nitrogens is 1. The van der Waals surface area contributed by atoms with Gasteiger partial charge in [0.2, 0.25) is 0 Å². The number of rotatable bonds is 5. The molecule has 0 bridgehead atoms. The Balaban J connectivity index is 2.27. The van der Waals surface area contributed by atoms with E-state index >= 15 is 0 Å². The Hall–Kier alpha value is -1.98. The van der Waals surface area contributed by atoms with E-state index in [-0.39, 0.29) is 17.6 Å². The van der Waals surface area contributed by atoms with Crippen LogP contribution in [0.3, 0.4) is 0 Å². The fourth-order valence-electron chi connectivity index (χ4n) is 2.10. The number of hydrogen-bond acceptors (Lipinski definition) is 4. The zero-order chi connectivity index (χ0) is 14.5. The number of ether oxygens (including phenoxy) is 1. The minimum Gasteiger partial charge on any atom is -0.494 e. The van der Waals surface area contributed by atoms with Gasteiger partial charge in [-0.25, -0.2) is 4.39 Å². The summed E-state index contributed by atoms with van der Waals surface area (Å²) in [5.41, 5.74) is 4.91. The molecule has 3 N–H and O–H groups in total. The first-order valence-corrected chi connectivity index (χ1v) is 6.36. The molecule has 1 heterocycles. The number of hydrogen-bond donors (Lipinski definition) is 2. The van der Waals surface area contributed by atoms with Crippen molar-refractivity contribution in [2.45, 2.75) is 19.4 Å². The van der Waals surface area contributed by atoms with Gasteiger partial charge in [-0.05, 0) is 37.1 Å². The lowest BCUT2D eigenvalue weighted by molar-refractivity contribution is 0.382. The van der Waals surface area contributed by atoms with Crippen LogP contribution in [0.15, 0.2) is 36.4 Å². The monoisotopic (exact) mass is 275 g/mol. The zero-order valence-corrected chi connectivity index (χ0v) is 11.6. The molecule has 4 nitrogen and oxygen atoms in total. The molecular weight excluding hydrogens is 257 g/mol. The van der Waals surface area contributed by atoms with Crippen LogP contribution >= 0.6 is 0 Å². The predicted molar refractivity (Wildman–Crippen MR) is 75.7 cm³/mol. The molecule has 0 saturated heterocycles. The lowest BCUT2D eigenvalue weighted by Gasteiger charge is -2.17. The number of methoxy groups -OCH3 is 1. The van der Waals surface area contributed by atoms with E-state index in [1.165, 1.54) is 7.11 Å². The SMILES string of the molecule is COc1cccc(CC(NN)c2cccc(C)n2)c1F. The molecule has 2 aromatic rings. The van der Waals surface area contributed by atoms with Gasteiger partial charge in [-0.1, -0.05) is 18.2 Å². The van der Waals surface area contributed by atoms with Gasteiger partial charge in [0.1, 0.15) is 0 Å². The number of hydrazine groups is 1. The smallest absolute Gasteiger partial charge is 0.168 e. The van der Waals surface area contributed by atoms with Crippen LogP contribution in [-0.2, 0) is 6.42 Å². The van der Waals surface area contributed by atoms with E-state index in [9.17, 15) is 4.39 Å². The molecule has 1 unspecified atom stereocenters. The number of benzene rings is 1. The third-order valence-corrected chi connectivity index (χ3v) is 3.16. The van der Waals surface area contributed by atoms with Gasteiger partial charge >= 0.3 is 0 Å². The van der Waals surface area contributed by atoms with E-state index in [1.54, 1.807) is 18.2 Å². The predicted octanol–water partition coefficient (Wildman–Crippen LogP) is 2.28. The number of aryl methyl sites for hydroxylation is 1. The molecule has 0 aliphatic heterocycles. The number of nitrogens with two attached hydrogens (primary N) is 1. The number of halogens is 1. The third-order valence-electron chi connectivity index (χ3n) is 3.16. The van der Waals surface area contributed by atoms with E-state index < -0.39 is 0 Å². The Labute approximate surface area is 117 Å². The molecule has 2 rings (SSSR count). The van der Waals surface area contributed by atoms with Gasteiger partial charge in [-0.15, -0.1) is 0 Å². The Morgan fingerprint density at radius 2 is 2.05 bits per heavy atom. The van der Waals surface area contributed by atoms with Crippen LogP contribution in [0.5, 0.6) is 5.75 Å². The highest BCUT2D eigenvalue weighted by atomic mass is 19.1. The van der Waals surface area contributed by atoms with Crippen molar-refractivity contribution in [3.05, 3.63) is 59.2 Å². The molecular formula is C15H18FN3O. The summed E-state index contributed by atoms with van der Waals surface area (Å²) in [7, 11) is 1.45. The van der Waals surface area contributed by atoms with E-state index in [0.29, 0.717) is 12.0 Å². The second-order valence-corrected chi connectivity index (χ2v) is 4.56. The molecule has 0 fully saturated rings. The van der Waals surface area contributed by atoms with Crippen molar-refractivity contribution >= 4 is 0 Å². The first kappa shape index (κ1) is 14.4. The van der Waals surface area contributed by atoms with Crippen molar-refractivity contribution in [1.82, 2.24) is 10.4 Å². The van der Waals surface area contributed by atoms with Crippen molar-refractivity contribution in [1.29, 1.82) is 0 Å². The molecule has 106 valence electrons. The molecule has 20 heavy (non-hydrogen) atoms. The lowest BCUT2D eigenvalue weighted by Crippen LogP contribution is -2.30. The maximum Gasteiger partial charge on any atom is 0.168 e. The minimum atomic E-state index is -0.358. The molecule has 0 aliphatic carbocycles. The van der Waals surface area contributed by atoms with Crippen LogP contribution in [0.1, 0.15) is 23.0 Å². The molecule has 1 atom stereocenters. The van der Waals surface area contributed by atoms with E-state index in [2.05, 4.69) is 10.4 Å². The number of pyridine rings is 1. The van der Waals surface area contributed by atoms with E-state index in [4.69, 9.17) is 10.6 Å². The van der Waals surface area contributed by atoms with Crippen LogP contribution in [0, 0.1) is 12.7 Å². The van der Waals surface area contributed by atoms with Crippen molar-refractivity contribution in [2.75, 3.05) is 7.11 Å². The second-order valence-electron chi connectivity index (χ2n) is 4.56. The van der Waals surface area contributed by atoms with Gasteiger partial charge in [0, 0.05) is 5.69 Å². The molecule has 0 aliphatic rings. The summed E-state index contributed by atoms with van der Waals surface area (Å²) in [4.78, 5) is 4.42. The largest absolute Gasteiger partial charge is 0.494 e. The highest BCUT2D eigenvalue weighted by Crippen LogP contribution is 2.24. The summed E-state index contributed by atoms with van der Waals surface area (Å²) >= 11 is 0. The van der Waals surface area contributed by atoms with Crippen molar-refractivity contribution in [3.8, 4) is 5.75 Å². The minimum absolute atomic E-state index is 0.232. The average Bonchev–Trinajstić information content (AvgIpc) is 2.46. The summed E-state index contributed by atoms with van der Waals surface area (Å²) in [6.45, 7) is 1.91. The van der Waals surface area contributed by atoms with E-state index in [1.807, 2.05) is 25.1 Å². The maximum absolute atomic E-state index is 14.2. The summed E-state index contributed by atoms with van der Waals surface area (Å²) in [6.07, 6.45) is 0.399. The van der Waals surface area contributed by atoms with Crippen molar-refractivity contribution in [2.24, 2.45) is 5.84 Å². The Morgan fingerprint density at radius 1 is 1.30 bits per heavy atom. The van der Waals surface area contributed by atoms with Gasteiger partial charge in [-0.3, -0.25) is 16.3 Å². The molecule has 0 radical (unpaired) electrons. The molecule has 1 aromatic heterocycles. The van der Waals surface area contributed by atoms with Gasteiger partial charge < -0.3 is 4.74 Å². The average molecular weight is 275 g/mol. The van der Waals surface area contributed by atoms with Crippen LogP contribution in [0.4, 0.5) is 4.39 Å². The topological polar surface area (TPSA) is 60.2 Å². The van der Waals surface area contributed by atoms with Gasteiger partial charge in [0.25, 0.3) is 0 Å². The molecule has 0 spiro atoms. The fourth-order valence-corrected chi connectivity index (χ4v) is 2.10. The second kappa shape index (κ2) is 6.45. The van der Waals surface area contributed by atoms with Crippen molar-refractivity contribution < 1.29 is 9.13 Å². The molecule has 0 amide bonds. The normalized spacial score (nSPS) is 12.2. The fraction of sp³-hybridized carbons (Fsp3) is 0.267. The quantitative estimate of drug-likeness (QED) is 0.649. The number of nitrogens with one attached hydrogen (secondary N) is 1. The summed E-state index contributed by atoms with van der Waals surface area (Å²) in [6, 6.07) is 10.5. The van der Waals surface area contributed by atoms with E-state index in [0.717, 1.165) is 11.4 Å². The highest BCUT2D eigenvalue weighted by molar-refractivity contribution is 5.32. The maximum atomic E-state index is 14.2. The Morgan fingerprint density at radius 3 is 2.70 bits per heavy atom. The highest BCUT2D eigenvalue weighted by Gasteiger charge is 2.16. The van der Waals surface area contributed by atoms with Crippen molar-refractivity contribution in [3.63, 3.8) is 0 Å². The third kappa shape index (κ3) is 3.12. The molecule has 1 aromatic carbocycles. The van der Waals surface area contributed by atoms with Crippen LogP contribution in [-0.4, -0.2) is 12.1 Å². The first-order valence-electron chi connectivity index (χ1n) is 6.36. The Bertz CT molecular complexity index is 589. The summed E-state index contributed by atoms with van der Waals surface area (Å²) < 4.78 is 19.1. The van der Waals surface area contributed by atoms with Crippen LogP contribution < -0.4 is 16.0 Å². The van der Waals surface area contributed by atoms with Gasteiger partial charge in [-0.2, -0.15) is 0 Å². The summed E-state index contributed by atoms with van der Waals surface area (Å²) in [5.74, 6) is 5.45. The standard InChI is InChI=1S/C15H18FN3O/c1-10-5-3-7-12(18-10)13(19-17)9-11-6-4-8-14(20-2)15(11)16/h3-8,13,19H,9,17H2,1-2H3. The Kier molecular flexibility index (Phi) is 4.65. The molecule has 5 heteroatoms. The summed E-state index contributed by atoms with van der Waals surface area (Å²) in [5, 5.41) is 0. The van der Waals surface area contributed by atoms with Crippen LogP contribution in [0.2, 0.25) is 0 Å². The molecule has 0 saturated carbocycles. The zero-order valence-electron chi connectivity index (χ0n) is 11.6. The van der Waals surface area contributed by atoms with Gasteiger partial charge in [0.05, 0.1) is 18.8 Å². The van der Waals surface area contributed by atoms with Gasteiger partial charge in [0.15, 0.2) is 11.6 Å². The number of nitrogens with zero attached hydrogens (tertiary/aromatic N) is 1. The lowest BCUT2D eigenvalue weighted by atomic mass is 10.0. The van der Waals surface area contributed by atoms with Crippen LogP contribution in [0.25, 0.3) is 0 Å².